The standard InChI is InChI=1S/C14H11ClO4/c15-19-18-14(17,12-9-5-2-6-10-12)13(16)11-7-3-1-4-8-11/h1-10,17H. The molecule has 0 spiro atoms. The first-order chi connectivity index (χ1) is 9.18. The Kier molecular flexibility index (Phi) is 4.29. The Morgan fingerprint density at radius 1 is 1.00 bits per heavy atom. The predicted molar refractivity (Wildman–Crippen MR) is 69.1 cm³/mol. The van der Waals surface area contributed by atoms with Crippen LogP contribution in [0.1, 0.15) is 15.9 Å². The zero-order valence-electron chi connectivity index (χ0n) is 9.82. The second-order valence-corrected chi connectivity index (χ2v) is 3.98. The van der Waals surface area contributed by atoms with Gasteiger partial charge in [0.05, 0.1) is 0 Å². The van der Waals surface area contributed by atoms with Gasteiger partial charge in [0.15, 0.2) is 0 Å². The Hall–Kier alpha value is -1.72. The van der Waals surface area contributed by atoms with E-state index in [0.717, 1.165) is 0 Å². The van der Waals surface area contributed by atoms with Gasteiger partial charge in [0, 0.05) is 11.1 Å². The molecule has 0 saturated carbocycles. The van der Waals surface area contributed by atoms with Crippen molar-refractivity contribution in [2.75, 3.05) is 0 Å². The fourth-order valence-electron chi connectivity index (χ4n) is 1.71. The highest BCUT2D eigenvalue weighted by Crippen LogP contribution is 2.28. The minimum Gasteiger partial charge on any atom is -0.354 e. The Morgan fingerprint density at radius 2 is 1.53 bits per heavy atom. The van der Waals surface area contributed by atoms with Crippen molar-refractivity contribution in [3.8, 4) is 0 Å². The van der Waals surface area contributed by atoms with Gasteiger partial charge in [0.2, 0.25) is 5.78 Å². The van der Waals surface area contributed by atoms with Crippen LogP contribution >= 0.6 is 11.9 Å². The van der Waals surface area contributed by atoms with Gasteiger partial charge >= 0.3 is 0 Å². The molecule has 2 aromatic carbocycles. The molecule has 1 N–H and O–H groups in total. The first-order valence-corrected chi connectivity index (χ1v) is 5.83. The summed E-state index contributed by atoms with van der Waals surface area (Å²) >= 11 is 5.03. The summed E-state index contributed by atoms with van der Waals surface area (Å²) in [5.74, 6) is -2.95. The third-order valence-corrected chi connectivity index (χ3v) is 2.72. The molecule has 0 bridgehead atoms. The van der Waals surface area contributed by atoms with E-state index in [0.29, 0.717) is 0 Å². The minimum absolute atomic E-state index is 0.226. The maximum absolute atomic E-state index is 12.3. The quantitative estimate of drug-likeness (QED) is 0.395. The number of hydrogen-bond donors (Lipinski definition) is 1. The molecule has 0 radical (unpaired) electrons. The lowest BCUT2D eigenvalue weighted by Gasteiger charge is -2.23. The van der Waals surface area contributed by atoms with E-state index in [1.165, 1.54) is 12.1 Å². The largest absolute Gasteiger partial charge is 0.354 e. The van der Waals surface area contributed by atoms with Gasteiger partial charge in [-0.3, -0.25) is 4.79 Å². The van der Waals surface area contributed by atoms with Gasteiger partial charge < -0.3 is 5.11 Å². The van der Waals surface area contributed by atoms with Gasteiger partial charge in [-0.25, -0.2) is 0 Å². The monoisotopic (exact) mass is 278 g/mol. The van der Waals surface area contributed by atoms with E-state index in [1.54, 1.807) is 48.5 Å². The van der Waals surface area contributed by atoms with E-state index in [1.807, 2.05) is 0 Å². The molecule has 2 aromatic rings. The van der Waals surface area contributed by atoms with Gasteiger partial charge in [0.1, 0.15) is 11.9 Å². The van der Waals surface area contributed by atoms with E-state index in [2.05, 4.69) is 9.33 Å². The molecule has 0 fully saturated rings. The summed E-state index contributed by atoms with van der Waals surface area (Å²) in [7, 11) is 0. The second kappa shape index (κ2) is 5.95. The maximum atomic E-state index is 12.3. The van der Waals surface area contributed by atoms with Gasteiger partial charge in [-0.15, -0.1) is 4.44 Å². The summed E-state index contributed by atoms with van der Waals surface area (Å²) in [5.41, 5.74) is 0.507. The maximum Gasteiger partial charge on any atom is 0.291 e. The van der Waals surface area contributed by atoms with Crippen LogP contribution in [0.2, 0.25) is 0 Å². The number of ketones is 1. The highest BCUT2D eigenvalue weighted by Gasteiger charge is 2.41. The Bertz CT molecular complexity index is 544. The van der Waals surface area contributed by atoms with E-state index >= 15 is 0 Å². The number of benzene rings is 2. The smallest absolute Gasteiger partial charge is 0.291 e. The van der Waals surface area contributed by atoms with Crippen molar-refractivity contribution < 1.29 is 19.2 Å². The topological polar surface area (TPSA) is 55.8 Å². The van der Waals surface area contributed by atoms with E-state index in [9.17, 15) is 9.90 Å². The molecule has 0 aromatic heterocycles. The van der Waals surface area contributed by atoms with Crippen molar-refractivity contribution in [3.05, 3.63) is 71.8 Å². The molecule has 0 saturated heterocycles. The van der Waals surface area contributed by atoms with Crippen LogP contribution in [0.3, 0.4) is 0 Å². The zero-order chi connectivity index (χ0) is 13.7. The summed E-state index contributed by atoms with van der Waals surface area (Å²) < 4.78 is 4.01. The summed E-state index contributed by atoms with van der Waals surface area (Å²) in [6.45, 7) is 0. The third kappa shape index (κ3) is 2.83. The van der Waals surface area contributed by atoms with E-state index in [-0.39, 0.29) is 11.1 Å². The number of rotatable bonds is 5. The van der Waals surface area contributed by atoms with Crippen LogP contribution in [-0.4, -0.2) is 10.9 Å². The van der Waals surface area contributed by atoms with Crippen LogP contribution in [0, 0.1) is 0 Å². The van der Waals surface area contributed by atoms with Crippen LogP contribution in [0.25, 0.3) is 0 Å². The predicted octanol–water partition coefficient (Wildman–Crippen LogP) is 2.82. The number of halogens is 1. The molecule has 4 nitrogen and oxygen atoms in total. The molecule has 98 valence electrons. The molecule has 0 aliphatic heterocycles. The van der Waals surface area contributed by atoms with Crippen molar-refractivity contribution in [2.45, 2.75) is 5.79 Å². The average molecular weight is 279 g/mol. The number of aliphatic hydroxyl groups is 1. The molecule has 5 heteroatoms. The number of hydrogen-bond acceptors (Lipinski definition) is 4. The van der Waals surface area contributed by atoms with E-state index in [4.69, 9.17) is 11.9 Å². The summed E-state index contributed by atoms with van der Waals surface area (Å²) in [4.78, 5) is 16.9. The van der Waals surface area contributed by atoms with Crippen molar-refractivity contribution in [1.29, 1.82) is 0 Å². The van der Waals surface area contributed by atoms with Crippen LogP contribution < -0.4 is 0 Å². The average Bonchev–Trinajstić information content (AvgIpc) is 2.48. The van der Waals surface area contributed by atoms with Crippen molar-refractivity contribution in [2.24, 2.45) is 0 Å². The summed E-state index contributed by atoms with van der Waals surface area (Å²) in [6.07, 6.45) is 0. The minimum atomic E-state index is -2.29. The van der Waals surface area contributed by atoms with Crippen molar-refractivity contribution in [1.82, 2.24) is 0 Å². The Morgan fingerprint density at radius 3 is 2.05 bits per heavy atom. The van der Waals surface area contributed by atoms with Gasteiger partial charge in [-0.1, -0.05) is 60.7 Å². The number of Topliss-reactive ketones (excluding diaryl/α,β-unsaturated/α-hetero) is 1. The lowest BCUT2D eigenvalue weighted by molar-refractivity contribution is -0.348. The van der Waals surface area contributed by atoms with Crippen molar-refractivity contribution >= 4 is 17.6 Å². The Balaban J connectivity index is 2.43. The lowest BCUT2D eigenvalue weighted by atomic mass is 9.96. The zero-order valence-corrected chi connectivity index (χ0v) is 10.6. The fourth-order valence-corrected chi connectivity index (χ4v) is 1.80. The molecule has 1 unspecified atom stereocenters. The van der Waals surface area contributed by atoms with Crippen LogP contribution in [0.15, 0.2) is 60.7 Å². The molecular formula is C14H11ClO4. The SMILES string of the molecule is O=C(c1ccccc1)C(O)(OOCl)c1ccccc1. The van der Waals surface area contributed by atoms with E-state index < -0.39 is 11.6 Å². The number of carbonyl (C=O) groups excluding carboxylic acids is 1. The lowest BCUT2D eigenvalue weighted by Crippen LogP contribution is -2.38. The fraction of sp³-hybridized carbons (Fsp3) is 0.0714. The molecule has 0 aliphatic rings. The highest BCUT2D eigenvalue weighted by molar-refractivity contribution is 6.07. The van der Waals surface area contributed by atoms with Crippen LogP contribution in [-0.2, 0) is 15.1 Å². The molecule has 0 amide bonds. The summed E-state index contributed by atoms with van der Waals surface area (Å²) in [5, 5.41) is 10.4. The Labute approximate surface area is 115 Å². The van der Waals surface area contributed by atoms with Crippen molar-refractivity contribution in [3.63, 3.8) is 0 Å². The number of carbonyl (C=O) groups is 1. The molecule has 2 rings (SSSR count). The summed E-state index contributed by atoms with van der Waals surface area (Å²) in [6, 6.07) is 16.4. The van der Waals surface area contributed by atoms with Gasteiger partial charge in [-0.2, -0.15) is 4.89 Å². The van der Waals surface area contributed by atoms with Crippen LogP contribution in [0.5, 0.6) is 0 Å². The third-order valence-electron chi connectivity index (χ3n) is 2.66. The van der Waals surface area contributed by atoms with Crippen LogP contribution in [0.4, 0.5) is 0 Å². The molecule has 0 aliphatic carbocycles. The van der Waals surface area contributed by atoms with Gasteiger partial charge in [0.25, 0.3) is 5.79 Å². The molecular weight excluding hydrogens is 268 g/mol. The highest BCUT2D eigenvalue weighted by atomic mass is 35.5. The first kappa shape index (κ1) is 13.7. The first-order valence-electron chi connectivity index (χ1n) is 5.52. The normalized spacial score (nSPS) is 13.8. The molecule has 0 heterocycles. The molecule has 1 atom stereocenters. The molecule has 19 heavy (non-hydrogen) atoms. The van der Waals surface area contributed by atoms with Gasteiger partial charge in [-0.05, 0) is 0 Å². The second-order valence-electron chi connectivity index (χ2n) is 3.85.